The number of alkyl halides is 2. The van der Waals surface area contributed by atoms with E-state index < -0.39 is 30.0 Å². The molecule has 112 valence electrons. The zero-order valence-corrected chi connectivity index (χ0v) is 12.1. The van der Waals surface area contributed by atoms with Gasteiger partial charge in [0.15, 0.2) is 0 Å². The van der Waals surface area contributed by atoms with Crippen molar-refractivity contribution in [3.63, 3.8) is 0 Å². The monoisotopic (exact) mass is 286 g/mol. The first-order chi connectivity index (χ1) is 9.11. The third-order valence-electron chi connectivity index (χ3n) is 2.76. The molecule has 5 heteroatoms. The Kier molecular flexibility index (Phi) is 5.22. The number of ether oxygens (including phenoxy) is 1. The Bertz CT molecular complexity index is 466. The van der Waals surface area contributed by atoms with E-state index >= 15 is 0 Å². The highest BCUT2D eigenvalue weighted by molar-refractivity contribution is 5.73. The van der Waals surface area contributed by atoms with Crippen LogP contribution in [0.3, 0.4) is 0 Å². The molecule has 0 spiro atoms. The molecule has 1 N–H and O–H groups in total. The summed E-state index contributed by atoms with van der Waals surface area (Å²) >= 11 is 0. The molecule has 1 aromatic rings. The van der Waals surface area contributed by atoms with Crippen LogP contribution in [0, 0.1) is 5.92 Å². The summed E-state index contributed by atoms with van der Waals surface area (Å²) < 4.78 is 30.4. The van der Waals surface area contributed by atoms with Gasteiger partial charge in [-0.3, -0.25) is 4.79 Å². The smallest absolute Gasteiger partial charge is 0.312 e. The van der Waals surface area contributed by atoms with Gasteiger partial charge < -0.3 is 9.84 Å². The van der Waals surface area contributed by atoms with Crippen LogP contribution in [-0.2, 0) is 9.53 Å². The Hall–Kier alpha value is -1.49. The van der Waals surface area contributed by atoms with Gasteiger partial charge in [-0.2, -0.15) is 0 Å². The van der Waals surface area contributed by atoms with Crippen LogP contribution in [0.15, 0.2) is 24.3 Å². The highest BCUT2D eigenvalue weighted by atomic mass is 19.3. The lowest BCUT2D eigenvalue weighted by molar-refractivity contribution is -0.163. The molecule has 2 unspecified atom stereocenters. The number of halogens is 2. The quantitative estimate of drug-likeness (QED) is 0.860. The summed E-state index contributed by atoms with van der Waals surface area (Å²) in [4.78, 5) is 11.9. The first-order valence-corrected chi connectivity index (χ1v) is 6.41. The molecular weight excluding hydrogens is 266 g/mol. The molecule has 0 saturated heterocycles. The lowest BCUT2D eigenvalue weighted by Gasteiger charge is -2.25. The summed E-state index contributed by atoms with van der Waals surface area (Å²) in [6.45, 7) is 6.68. The molecular formula is C15H20F2O3. The van der Waals surface area contributed by atoms with Gasteiger partial charge in [0.05, 0.1) is 12.0 Å². The van der Waals surface area contributed by atoms with Gasteiger partial charge >= 0.3 is 5.97 Å². The lowest BCUT2D eigenvalue weighted by atomic mass is 9.96. The minimum atomic E-state index is -2.61. The number of carbonyl (C=O) groups excluding carboxylic acids is 1. The normalized spacial score (nSPS) is 15.0. The number of hydrogen-bond donors (Lipinski definition) is 1. The van der Waals surface area contributed by atoms with Crippen molar-refractivity contribution in [2.75, 3.05) is 0 Å². The minimum absolute atomic E-state index is 0.182. The van der Waals surface area contributed by atoms with Crippen LogP contribution in [0.5, 0.6) is 0 Å². The Morgan fingerprint density at radius 3 is 2.30 bits per heavy atom. The van der Waals surface area contributed by atoms with Crippen molar-refractivity contribution >= 4 is 5.97 Å². The van der Waals surface area contributed by atoms with Crippen molar-refractivity contribution < 1.29 is 23.4 Å². The molecule has 0 aliphatic rings. The predicted octanol–water partition coefficient (Wildman–Crippen LogP) is 3.64. The van der Waals surface area contributed by atoms with Gasteiger partial charge in [-0.25, -0.2) is 8.78 Å². The fourth-order valence-corrected chi connectivity index (χ4v) is 1.69. The molecule has 0 saturated carbocycles. The second-order valence-electron chi connectivity index (χ2n) is 5.74. The van der Waals surface area contributed by atoms with Crippen LogP contribution in [0.1, 0.15) is 51.4 Å². The van der Waals surface area contributed by atoms with Crippen LogP contribution in [0.2, 0.25) is 0 Å². The standard InChI is InChI=1S/C15H20F2O3/c1-9(14(19)20-15(2,3)4)12(18)10-6-5-7-11(8-10)13(16)17/h5-9,12-13,18H,1-4H3. The average molecular weight is 286 g/mol. The maximum absolute atomic E-state index is 12.6. The zero-order chi connectivity index (χ0) is 15.5. The Morgan fingerprint density at radius 1 is 1.25 bits per heavy atom. The third kappa shape index (κ3) is 4.56. The number of hydrogen-bond acceptors (Lipinski definition) is 3. The van der Waals surface area contributed by atoms with E-state index in [-0.39, 0.29) is 11.1 Å². The van der Waals surface area contributed by atoms with Crippen molar-refractivity contribution in [3.8, 4) is 0 Å². The maximum Gasteiger partial charge on any atom is 0.312 e. The molecule has 0 heterocycles. The molecule has 0 aromatic heterocycles. The van der Waals surface area contributed by atoms with Gasteiger partial charge in [-0.1, -0.05) is 18.2 Å². The SMILES string of the molecule is CC(C(=O)OC(C)(C)C)C(O)c1cccc(C(F)F)c1. The first kappa shape index (κ1) is 16.6. The highest BCUT2D eigenvalue weighted by Crippen LogP contribution is 2.28. The van der Waals surface area contributed by atoms with E-state index in [1.165, 1.54) is 31.2 Å². The average Bonchev–Trinajstić information content (AvgIpc) is 2.35. The highest BCUT2D eigenvalue weighted by Gasteiger charge is 2.28. The molecule has 0 fully saturated rings. The van der Waals surface area contributed by atoms with E-state index in [1.807, 2.05) is 0 Å². The van der Waals surface area contributed by atoms with E-state index in [0.717, 1.165) is 0 Å². The maximum atomic E-state index is 12.6. The van der Waals surface area contributed by atoms with Crippen LogP contribution in [-0.4, -0.2) is 16.7 Å². The number of esters is 1. The minimum Gasteiger partial charge on any atom is -0.460 e. The fraction of sp³-hybridized carbons (Fsp3) is 0.533. The summed E-state index contributed by atoms with van der Waals surface area (Å²) in [5.74, 6) is -1.39. The number of aliphatic hydroxyl groups is 1. The molecule has 0 aliphatic heterocycles. The van der Waals surface area contributed by atoms with E-state index in [2.05, 4.69) is 0 Å². The van der Waals surface area contributed by atoms with Crippen LogP contribution in [0.4, 0.5) is 8.78 Å². The van der Waals surface area contributed by atoms with Gasteiger partial charge in [-0.15, -0.1) is 0 Å². The predicted molar refractivity (Wildman–Crippen MR) is 71.4 cm³/mol. The van der Waals surface area contributed by atoms with Crippen molar-refractivity contribution in [2.45, 2.75) is 45.8 Å². The summed E-state index contributed by atoms with van der Waals surface area (Å²) in [5, 5.41) is 10.1. The van der Waals surface area contributed by atoms with Crippen molar-refractivity contribution in [2.24, 2.45) is 5.92 Å². The van der Waals surface area contributed by atoms with Gasteiger partial charge in [-0.05, 0) is 39.3 Å². The van der Waals surface area contributed by atoms with Gasteiger partial charge in [0, 0.05) is 5.56 Å². The van der Waals surface area contributed by atoms with Gasteiger partial charge in [0.25, 0.3) is 6.43 Å². The third-order valence-corrected chi connectivity index (χ3v) is 2.76. The summed E-state index contributed by atoms with van der Waals surface area (Å²) in [6, 6.07) is 5.43. The summed E-state index contributed by atoms with van der Waals surface area (Å²) in [6.07, 6.45) is -3.79. The molecule has 3 nitrogen and oxygen atoms in total. The Balaban J connectivity index is 2.86. The second-order valence-corrected chi connectivity index (χ2v) is 5.74. The number of benzene rings is 1. The van der Waals surface area contributed by atoms with Crippen LogP contribution < -0.4 is 0 Å². The Labute approximate surface area is 117 Å². The van der Waals surface area contributed by atoms with Crippen LogP contribution in [0.25, 0.3) is 0 Å². The summed E-state index contributed by atoms with van der Waals surface area (Å²) in [7, 11) is 0. The van der Waals surface area contributed by atoms with Crippen molar-refractivity contribution in [1.29, 1.82) is 0 Å². The van der Waals surface area contributed by atoms with E-state index in [4.69, 9.17) is 4.74 Å². The van der Waals surface area contributed by atoms with E-state index in [0.29, 0.717) is 0 Å². The largest absolute Gasteiger partial charge is 0.460 e. The van der Waals surface area contributed by atoms with E-state index in [9.17, 15) is 18.7 Å². The molecule has 2 atom stereocenters. The zero-order valence-electron chi connectivity index (χ0n) is 12.1. The van der Waals surface area contributed by atoms with Gasteiger partial charge in [0.2, 0.25) is 0 Å². The van der Waals surface area contributed by atoms with E-state index in [1.54, 1.807) is 20.8 Å². The number of aliphatic hydroxyl groups excluding tert-OH is 1. The molecule has 20 heavy (non-hydrogen) atoms. The molecule has 1 aromatic carbocycles. The fourth-order valence-electron chi connectivity index (χ4n) is 1.69. The first-order valence-electron chi connectivity index (χ1n) is 6.41. The van der Waals surface area contributed by atoms with Gasteiger partial charge in [0.1, 0.15) is 5.60 Å². The molecule has 1 rings (SSSR count). The number of rotatable bonds is 4. The van der Waals surface area contributed by atoms with Crippen LogP contribution >= 0.6 is 0 Å². The molecule has 0 bridgehead atoms. The molecule has 0 radical (unpaired) electrons. The summed E-state index contributed by atoms with van der Waals surface area (Å²) in [5.41, 5.74) is -0.560. The number of carbonyl (C=O) groups is 1. The van der Waals surface area contributed by atoms with Crippen molar-refractivity contribution in [3.05, 3.63) is 35.4 Å². The molecule has 0 aliphatic carbocycles. The molecule has 0 amide bonds. The second kappa shape index (κ2) is 6.31. The topological polar surface area (TPSA) is 46.5 Å². The Morgan fingerprint density at radius 2 is 1.80 bits per heavy atom. The van der Waals surface area contributed by atoms with Crippen molar-refractivity contribution in [1.82, 2.24) is 0 Å². The lowest BCUT2D eigenvalue weighted by Crippen LogP contribution is -2.30.